The highest BCUT2D eigenvalue weighted by atomic mass is 35.5. The van der Waals surface area contributed by atoms with Gasteiger partial charge in [-0.3, -0.25) is 15.5 Å². The van der Waals surface area contributed by atoms with Crippen LogP contribution >= 0.6 is 11.6 Å². The summed E-state index contributed by atoms with van der Waals surface area (Å²) in [5.74, 6) is -0.516. The molecule has 0 saturated carbocycles. The van der Waals surface area contributed by atoms with Crippen molar-refractivity contribution in [3.8, 4) is 0 Å². The van der Waals surface area contributed by atoms with Crippen LogP contribution in [0.15, 0.2) is 9.98 Å². The largest absolute Gasteiger partial charge is 0.394 e. The lowest BCUT2D eigenvalue weighted by Gasteiger charge is -2.31. The molecule has 3 aliphatic rings. The van der Waals surface area contributed by atoms with Crippen LogP contribution in [0.5, 0.6) is 0 Å². The van der Waals surface area contributed by atoms with Crippen molar-refractivity contribution in [1.29, 1.82) is 0 Å². The molecule has 0 radical (unpaired) electrons. The lowest BCUT2D eigenvalue weighted by atomic mass is 10.1. The molecule has 1 fully saturated rings. The molecule has 0 bridgehead atoms. The van der Waals surface area contributed by atoms with Crippen LogP contribution in [0, 0.1) is 0 Å². The quantitative estimate of drug-likeness (QED) is 0.261. The first-order valence-electron chi connectivity index (χ1n) is 6.18. The summed E-state index contributed by atoms with van der Waals surface area (Å²) in [6.45, 7) is -0.472. The Labute approximate surface area is 123 Å². The maximum Gasteiger partial charge on any atom is 0.277 e. The van der Waals surface area contributed by atoms with Gasteiger partial charge in [-0.05, 0) is 0 Å². The van der Waals surface area contributed by atoms with E-state index in [1.54, 1.807) is 0 Å². The third-order valence-electron chi connectivity index (χ3n) is 3.46. The first-order chi connectivity index (χ1) is 9.84. The molecular weight excluding hydrogens is 306 g/mol. The number of nitrogens with zero attached hydrogens (tertiary/aromatic N) is 3. The molecule has 0 spiro atoms. The van der Waals surface area contributed by atoms with E-state index in [9.17, 15) is 15.0 Å². The highest BCUT2D eigenvalue weighted by Gasteiger charge is 2.50. The number of hydrogen-bond acceptors (Lipinski definition) is 9. The Hall–Kier alpha value is -1.30. The lowest BCUT2D eigenvalue weighted by Crippen LogP contribution is -2.60. The Morgan fingerprint density at radius 1 is 1.52 bits per heavy atom. The molecule has 0 aromatic heterocycles. The van der Waals surface area contributed by atoms with Gasteiger partial charge >= 0.3 is 0 Å². The van der Waals surface area contributed by atoms with Gasteiger partial charge in [-0.25, -0.2) is 4.99 Å². The molecule has 21 heavy (non-hydrogen) atoms. The Bertz CT molecular complexity index is 538. The van der Waals surface area contributed by atoms with Gasteiger partial charge in [0.25, 0.3) is 11.2 Å². The van der Waals surface area contributed by atoms with Gasteiger partial charge in [0.15, 0.2) is 17.8 Å². The number of aliphatic hydroxyl groups is 3. The van der Waals surface area contributed by atoms with Crippen molar-refractivity contribution < 1.29 is 24.9 Å². The van der Waals surface area contributed by atoms with Crippen LogP contribution < -0.4 is 11.1 Å². The summed E-state index contributed by atoms with van der Waals surface area (Å²) in [4.78, 5) is 21.1. The molecule has 1 amide bonds. The molecule has 0 aromatic carbocycles. The SMILES string of the molecule is NC1(Cl)N=C2C(=NCN2[C@@H]2O[C@H](CO)[C@@H](O)[C@H]2O)C(=O)N1. The number of nitrogens with two attached hydrogens (primary N) is 1. The molecule has 3 rings (SSSR count). The van der Waals surface area contributed by atoms with Crippen LogP contribution in [-0.2, 0) is 9.53 Å². The molecule has 0 aromatic rings. The number of aliphatic hydroxyl groups excluding tert-OH is 3. The van der Waals surface area contributed by atoms with E-state index in [-0.39, 0.29) is 18.2 Å². The zero-order valence-electron chi connectivity index (χ0n) is 10.7. The van der Waals surface area contributed by atoms with Crippen LogP contribution in [-0.4, -0.2) is 80.7 Å². The number of ether oxygens (including phenoxy) is 1. The molecule has 11 heteroatoms. The van der Waals surface area contributed by atoms with Gasteiger partial charge in [-0.15, -0.1) is 0 Å². The average molecular weight is 320 g/mol. The van der Waals surface area contributed by atoms with Crippen molar-refractivity contribution in [3.63, 3.8) is 0 Å². The van der Waals surface area contributed by atoms with Gasteiger partial charge < -0.3 is 30.3 Å². The maximum atomic E-state index is 11.8. The summed E-state index contributed by atoms with van der Waals surface area (Å²) < 4.78 is 5.38. The highest BCUT2D eigenvalue weighted by molar-refractivity contribution is 6.68. The fourth-order valence-electron chi connectivity index (χ4n) is 2.45. The maximum absolute atomic E-state index is 11.8. The first kappa shape index (κ1) is 14.6. The minimum absolute atomic E-state index is 0.0127. The molecule has 1 saturated heterocycles. The molecule has 116 valence electrons. The molecular formula is C10H14ClN5O5. The monoisotopic (exact) mass is 319 g/mol. The topological polar surface area (TPSA) is 153 Å². The standard InChI is InChI=1S/C10H14ClN5O5/c11-10(12)14-7-4(8(20)15-10)13-2-16(7)9-6(19)5(18)3(1-17)21-9/h3,5-6,9,17-19H,1-2,12H2,(H,15,20)/t3-,5-,6-,9-,10?/m1/s1. The van der Waals surface area contributed by atoms with Crippen LogP contribution in [0.4, 0.5) is 0 Å². The van der Waals surface area contributed by atoms with Gasteiger partial charge in [0, 0.05) is 0 Å². The molecule has 10 nitrogen and oxygen atoms in total. The third-order valence-corrected chi connectivity index (χ3v) is 3.64. The van der Waals surface area contributed by atoms with E-state index in [0.29, 0.717) is 0 Å². The summed E-state index contributed by atoms with van der Waals surface area (Å²) in [6.07, 6.45) is -4.52. The Morgan fingerprint density at radius 3 is 2.86 bits per heavy atom. The Balaban J connectivity index is 1.89. The van der Waals surface area contributed by atoms with E-state index in [1.165, 1.54) is 4.90 Å². The van der Waals surface area contributed by atoms with E-state index >= 15 is 0 Å². The van der Waals surface area contributed by atoms with Crippen LogP contribution in [0.25, 0.3) is 0 Å². The summed E-state index contributed by atoms with van der Waals surface area (Å²) in [7, 11) is 0. The predicted molar refractivity (Wildman–Crippen MR) is 70.3 cm³/mol. The van der Waals surface area contributed by atoms with Crippen LogP contribution in [0.3, 0.4) is 0 Å². The number of rotatable bonds is 2. The molecule has 6 N–H and O–H groups in total. The second kappa shape index (κ2) is 4.87. The number of nitrogens with one attached hydrogen (secondary N) is 1. The highest BCUT2D eigenvalue weighted by Crippen LogP contribution is 2.28. The number of aliphatic imine (C=N–C) groups is 2. The van der Waals surface area contributed by atoms with E-state index in [0.717, 1.165) is 0 Å². The van der Waals surface area contributed by atoms with Crippen molar-refractivity contribution in [2.24, 2.45) is 15.7 Å². The second-order valence-corrected chi connectivity index (χ2v) is 5.49. The van der Waals surface area contributed by atoms with Crippen molar-refractivity contribution in [2.75, 3.05) is 13.3 Å². The van der Waals surface area contributed by atoms with Crippen molar-refractivity contribution in [3.05, 3.63) is 0 Å². The average Bonchev–Trinajstić information content (AvgIpc) is 2.92. The Kier molecular flexibility index (Phi) is 3.39. The fraction of sp³-hybridized carbons (Fsp3) is 0.700. The smallest absolute Gasteiger partial charge is 0.277 e. The number of hydrogen-bond donors (Lipinski definition) is 5. The van der Waals surface area contributed by atoms with E-state index in [4.69, 9.17) is 27.2 Å². The molecule has 1 unspecified atom stereocenters. The van der Waals surface area contributed by atoms with Crippen molar-refractivity contribution in [1.82, 2.24) is 10.2 Å². The van der Waals surface area contributed by atoms with Crippen molar-refractivity contribution in [2.45, 2.75) is 29.8 Å². The Morgan fingerprint density at radius 2 is 2.24 bits per heavy atom. The normalized spacial score (nSPS) is 42.5. The summed E-state index contributed by atoms with van der Waals surface area (Å²) >= 11 is 5.81. The summed E-state index contributed by atoms with van der Waals surface area (Å²) in [5.41, 5.74) is 5.59. The number of fused-ring (bicyclic) bond motifs is 1. The van der Waals surface area contributed by atoms with Gasteiger partial charge in [-0.2, -0.15) is 0 Å². The third kappa shape index (κ3) is 2.29. The zero-order chi connectivity index (χ0) is 15.4. The van der Waals surface area contributed by atoms with E-state index < -0.39 is 42.3 Å². The zero-order valence-corrected chi connectivity index (χ0v) is 11.4. The number of halogens is 1. The minimum atomic E-state index is -1.81. The number of amides is 1. The second-order valence-electron chi connectivity index (χ2n) is 4.91. The first-order valence-corrected chi connectivity index (χ1v) is 6.56. The van der Waals surface area contributed by atoms with Gasteiger partial charge in [0.05, 0.1) is 6.61 Å². The number of alkyl halides is 1. The van der Waals surface area contributed by atoms with Gasteiger partial charge in [-0.1, -0.05) is 11.6 Å². The molecule has 5 atom stereocenters. The van der Waals surface area contributed by atoms with E-state index in [1.807, 2.05) is 0 Å². The van der Waals surface area contributed by atoms with Crippen molar-refractivity contribution >= 4 is 29.1 Å². The number of amidine groups is 1. The van der Waals surface area contributed by atoms with E-state index in [2.05, 4.69) is 15.3 Å². The number of carbonyl (C=O) groups is 1. The number of carbonyl (C=O) groups excluding carboxylic acids is 1. The summed E-state index contributed by atoms with van der Waals surface area (Å²) in [6, 6.07) is 0. The van der Waals surface area contributed by atoms with Crippen LogP contribution in [0.1, 0.15) is 0 Å². The molecule has 0 aliphatic carbocycles. The molecule has 3 heterocycles. The van der Waals surface area contributed by atoms with Gasteiger partial charge in [0.1, 0.15) is 25.0 Å². The summed E-state index contributed by atoms with van der Waals surface area (Å²) in [5, 5.41) is 29.3. The molecule has 3 aliphatic heterocycles. The fourth-order valence-corrected chi connectivity index (χ4v) is 2.62. The predicted octanol–water partition coefficient (Wildman–Crippen LogP) is -3.52. The lowest BCUT2D eigenvalue weighted by molar-refractivity contribution is -0.115. The minimum Gasteiger partial charge on any atom is -0.394 e. The van der Waals surface area contributed by atoms with Crippen LogP contribution in [0.2, 0.25) is 0 Å². The van der Waals surface area contributed by atoms with Gasteiger partial charge in [0.2, 0.25) is 0 Å².